The van der Waals surface area contributed by atoms with Crippen molar-refractivity contribution in [2.45, 2.75) is 57.8 Å². The van der Waals surface area contributed by atoms with Crippen molar-refractivity contribution in [3.05, 3.63) is 40.3 Å². The molecule has 0 saturated heterocycles. The van der Waals surface area contributed by atoms with Crippen LogP contribution in [0.2, 0.25) is 23.3 Å². The lowest BCUT2D eigenvalue weighted by atomic mass is 10.1. The first-order valence-corrected chi connectivity index (χ1v) is 10.9. The zero-order chi connectivity index (χ0) is 17.0. The molecule has 0 fully saturated rings. The molecule has 1 aromatic rings. The van der Waals surface area contributed by atoms with E-state index >= 15 is 0 Å². The Morgan fingerprint density at radius 1 is 1.45 bits per heavy atom. The largest absolute Gasteiger partial charge is 0.417 e. The highest BCUT2D eigenvalue weighted by molar-refractivity contribution is 6.74. The van der Waals surface area contributed by atoms with Gasteiger partial charge in [0, 0.05) is 12.7 Å². The highest BCUT2D eigenvalue weighted by Crippen LogP contribution is 2.36. The van der Waals surface area contributed by atoms with Gasteiger partial charge in [-0.25, -0.2) is 4.68 Å². The van der Waals surface area contributed by atoms with Crippen LogP contribution in [0.4, 0.5) is 0 Å². The summed E-state index contributed by atoms with van der Waals surface area (Å²) < 4.78 is 7.54. The van der Waals surface area contributed by atoms with Gasteiger partial charge >= 0.3 is 0 Å². The maximum atomic E-state index is 11.9. The molecule has 0 unspecified atom stereocenters. The van der Waals surface area contributed by atoms with Crippen molar-refractivity contribution >= 4 is 19.9 Å². The third kappa shape index (κ3) is 5.07. The molecule has 22 heavy (non-hydrogen) atoms. The summed E-state index contributed by atoms with van der Waals surface area (Å²) in [6, 6.07) is 2.77. The lowest BCUT2D eigenvalue weighted by Crippen LogP contribution is -2.41. The maximum Gasteiger partial charge on any atom is 0.267 e. The van der Waals surface area contributed by atoms with Gasteiger partial charge in [0.1, 0.15) is 5.15 Å². The van der Waals surface area contributed by atoms with Gasteiger partial charge in [0.05, 0.1) is 6.04 Å². The van der Waals surface area contributed by atoms with Gasteiger partial charge in [-0.15, -0.1) is 6.58 Å². The van der Waals surface area contributed by atoms with E-state index in [1.165, 1.54) is 16.8 Å². The monoisotopic (exact) mass is 342 g/mol. The van der Waals surface area contributed by atoms with Crippen LogP contribution in [0.15, 0.2) is 29.6 Å². The van der Waals surface area contributed by atoms with Crippen LogP contribution in [-0.2, 0) is 4.43 Å². The van der Waals surface area contributed by atoms with E-state index < -0.39 is 8.32 Å². The van der Waals surface area contributed by atoms with E-state index in [0.717, 1.165) is 12.8 Å². The van der Waals surface area contributed by atoms with E-state index in [4.69, 9.17) is 16.0 Å². The molecule has 0 aliphatic rings. The molecule has 6 heteroatoms. The first-order valence-electron chi connectivity index (χ1n) is 7.60. The summed E-state index contributed by atoms with van der Waals surface area (Å²) in [7, 11) is -1.72. The third-order valence-electron chi connectivity index (χ3n) is 4.29. The Kier molecular flexibility index (Phi) is 6.59. The topological polar surface area (TPSA) is 44.1 Å². The van der Waals surface area contributed by atoms with Gasteiger partial charge in [-0.2, -0.15) is 5.10 Å². The smallest absolute Gasteiger partial charge is 0.267 e. The Bertz CT molecular complexity index is 564. The second kappa shape index (κ2) is 7.57. The fraction of sp³-hybridized carbons (Fsp3) is 0.625. The van der Waals surface area contributed by atoms with Crippen molar-refractivity contribution in [1.29, 1.82) is 0 Å². The normalized spacial score (nSPS) is 13.9. The molecule has 0 saturated carbocycles. The second-order valence-corrected chi connectivity index (χ2v) is 12.2. The van der Waals surface area contributed by atoms with Crippen molar-refractivity contribution in [2.75, 3.05) is 6.61 Å². The Hall–Kier alpha value is -0.913. The van der Waals surface area contributed by atoms with Crippen LogP contribution in [0.5, 0.6) is 0 Å². The highest BCUT2D eigenvalue weighted by Gasteiger charge is 2.36. The molecule has 1 heterocycles. The molecule has 124 valence electrons. The van der Waals surface area contributed by atoms with Crippen molar-refractivity contribution in [2.24, 2.45) is 0 Å². The molecule has 0 aromatic carbocycles. The van der Waals surface area contributed by atoms with Gasteiger partial charge in [0.2, 0.25) is 0 Å². The van der Waals surface area contributed by atoms with E-state index in [9.17, 15) is 4.79 Å². The van der Waals surface area contributed by atoms with Crippen LogP contribution in [0, 0.1) is 0 Å². The maximum absolute atomic E-state index is 11.9. The fourth-order valence-electron chi connectivity index (χ4n) is 1.82. The fourth-order valence-corrected chi connectivity index (χ4v) is 3.05. The van der Waals surface area contributed by atoms with E-state index in [2.05, 4.69) is 45.5 Å². The second-order valence-electron chi connectivity index (χ2n) is 6.99. The highest BCUT2D eigenvalue weighted by atomic mass is 35.5. The minimum atomic E-state index is -1.72. The third-order valence-corrected chi connectivity index (χ3v) is 9.03. The zero-order valence-corrected chi connectivity index (χ0v) is 16.0. The molecule has 0 aliphatic heterocycles. The van der Waals surface area contributed by atoms with Crippen molar-refractivity contribution in [3.63, 3.8) is 0 Å². The molecule has 0 N–H and O–H groups in total. The quantitative estimate of drug-likeness (QED) is 0.418. The van der Waals surface area contributed by atoms with Crippen LogP contribution in [0.3, 0.4) is 0 Å². The summed E-state index contributed by atoms with van der Waals surface area (Å²) >= 11 is 5.86. The van der Waals surface area contributed by atoms with Crippen molar-refractivity contribution < 1.29 is 4.43 Å². The van der Waals surface area contributed by atoms with E-state index in [1.807, 2.05) is 0 Å². The molecule has 4 nitrogen and oxygen atoms in total. The SMILES string of the molecule is C=C[C@H](CCCO[Si](C)(C)C(C)(C)C)n1nc(Cl)ccc1=O. The molecule has 0 bridgehead atoms. The summed E-state index contributed by atoms with van der Waals surface area (Å²) in [6.45, 7) is 15.6. The average molecular weight is 343 g/mol. The van der Waals surface area contributed by atoms with Gasteiger partial charge in [-0.05, 0) is 37.0 Å². The first-order chi connectivity index (χ1) is 10.1. The molecule has 0 radical (unpaired) electrons. The molecule has 1 atom stereocenters. The molecule has 1 aromatic heterocycles. The number of aromatic nitrogens is 2. The summed E-state index contributed by atoms with van der Waals surface area (Å²) in [4.78, 5) is 11.9. The van der Waals surface area contributed by atoms with Crippen molar-refractivity contribution in [1.82, 2.24) is 9.78 Å². The van der Waals surface area contributed by atoms with Gasteiger partial charge in [-0.1, -0.05) is 38.4 Å². The van der Waals surface area contributed by atoms with E-state index in [-0.39, 0.29) is 16.6 Å². The molecule has 0 aliphatic carbocycles. The lowest BCUT2D eigenvalue weighted by molar-refractivity contribution is 0.270. The minimum Gasteiger partial charge on any atom is -0.417 e. The number of hydrogen-bond acceptors (Lipinski definition) is 3. The summed E-state index contributed by atoms with van der Waals surface area (Å²) in [5, 5.41) is 4.59. The standard InChI is InChI=1S/C16H27ClN2O2Si/c1-7-13(19-15(20)11-10-14(17)18-19)9-8-12-21-22(5,6)16(2,3)4/h7,10-11,13H,1,8-9,12H2,2-6H3/t13-/m1/s1. The molecule has 0 spiro atoms. The van der Waals surface area contributed by atoms with Gasteiger partial charge in [0.25, 0.3) is 5.56 Å². The molecular weight excluding hydrogens is 316 g/mol. The Morgan fingerprint density at radius 3 is 2.64 bits per heavy atom. The molecule has 0 amide bonds. The zero-order valence-electron chi connectivity index (χ0n) is 14.2. The Labute approximate surface area is 139 Å². The number of allylic oxidation sites excluding steroid dienone is 1. The lowest BCUT2D eigenvalue weighted by Gasteiger charge is -2.36. The van der Waals surface area contributed by atoms with Crippen LogP contribution in [-0.4, -0.2) is 24.7 Å². The predicted molar refractivity (Wildman–Crippen MR) is 95.1 cm³/mol. The average Bonchev–Trinajstić information content (AvgIpc) is 2.41. The minimum absolute atomic E-state index is 0.158. The van der Waals surface area contributed by atoms with Crippen LogP contribution in [0.25, 0.3) is 0 Å². The van der Waals surface area contributed by atoms with E-state index in [0.29, 0.717) is 11.8 Å². The summed E-state index contributed by atoms with van der Waals surface area (Å²) in [5.41, 5.74) is -0.167. The van der Waals surface area contributed by atoms with Crippen molar-refractivity contribution in [3.8, 4) is 0 Å². The van der Waals surface area contributed by atoms with Gasteiger partial charge in [-0.3, -0.25) is 4.79 Å². The number of halogens is 1. The molecular formula is C16H27ClN2O2Si. The summed E-state index contributed by atoms with van der Waals surface area (Å²) in [5.74, 6) is 0. The number of nitrogens with zero attached hydrogens (tertiary/aromatic N) is 2. The Balaban J connectivity index is 2.61. The van der Waals surface area contributed by atoms with E-state index in [1.54, 1.807) is 6.08 Å². The molecule has 1 rings (SSSR count). The predicted octanol–water partition coefficient (Wildman–Crippen LogP) is 4.43. The first kappa shape index (κ1) is 19.1. The van der Waals surface area contributed by atoms with Gasteiger partial charge < -0.3 is 4.43 Å². The van der Waals surface area contributed by atoms with Crippen LogP contribution < -0.4 is 5.56 Å². The van der Waals surface area contributed by atoms with Crippen LogP contribution >= 0.6 is 11.6 Å². The summed E-state index contributed by atoms with van der Waals surface area (Å²) in [6.07, 6.45) is 3.34. The van der Waals surface area contributed by atoms with Gasteiger partial charge in [0.15, 0.2) is 8.32 Å². The Morgan fingerprint density at radius 2 is 2.09 bits per heavy atom. The number of hydrogen-bond donors (Lipinski definition) is 0. The number of rotatable bonds is 7. The van der Waals surface area contributed by atoms with Crippen LogP contribution in [0.1, 0.15) is 39.7 Å².